The number of fused-ring (bicyclic) bond motifs is 2. The van der Waals surface area contributed by atoms with E-state index in [-0.39, 0.29) is 5.91 Å². The number of aromatic amines is 1. The van der Waals surface area contributed by atoms with Crippen LogP contribution in [0.5, 0.6) is 0 Å². The van der Waals surface area contributed by atoms with Crippen molar-refractivity contribution in [1.29, 1.82) is 0 Å². The highest BCUT2D eigenvalue weighted by molar-refractivity contribution is 7.14. The summed E-state index contributed by atoms with van der Waals surface area (Å²) in [5.74, 6) is 0.437. The van der Waals surface area contributed by atoms with E-state index in [4.69, 9.17) is 0 Å². The molecule has 0 atom stereocenters. The lowest BCUT2D eigenvalue weighted by molar-refractivity contribution is 0.103. The number of rotatable bonds is 2. The van der Waals surface area contributed by atoms with E-state index >= 15 is 0 Å². The molecule has 1 aliphatic rings. The predicted molar refractivity (Wildman–Crippen MR) is 89.6 cm³/mol. The highest BCUT2D eigenvalue weighted by atomic mass is 32.1. The van der Waals surface area contributed by atoms with Gasteiger partial charge >= 0.3 is 0 Å². The third kappa shape index (κ3) is 2.52. The van der Waals surface area contributed by atoms with E-state index in [1.165, 1.54) is 29.7 Å². The number of thiophene rings is 1. The first-order valence-electron chi connectivity index (χ1n) is 7.67. The molecule has 1 amide bonds. The Kier molecular flexibility index (Phi) is 3.42. The van der Waals surface area contributed by atoms with Crippen molar-refractivity contribution in [2.24, 2.45) is 0 Å². The standard InChI is InChI=1S/C17H17N3OS/c21-16(15-10-11-6-2-1-3-9-14(11)22-15)20-17-18-12-7-4-5-8-13(12)19-17/h4-5,7-8,10H,1-3,6,9H2,(H2,18,19,20,21). The SMILES string of the molecule is O=C(Nc1nc2ccccc2[nH]1)c1cc2c(s1)CCCCC2. The summed E-state index contributed by atoms with van der Waals surface area (Å²) >= 11 is 1.63. The highest BCUT2D eigenvalue weighted by Gasteiger charge is 2.17. The predicted octanol–water partition coefficient (Wildman–Crippen LogP) is 4.15. The molecule has 22 heavy (non-hydrogen) atoms. The maximum absolute atomic E-state index is 12.4. The Labute approximate surface area is 132 Å². The minimum atomic E-state index is -0.0721. The minimum absolute atomic E-state index is 0.0721. The average Bonchev–Trinajstić information content (AvgIpc) is 3.05. The third-order valence-corrected chi connectivity index (χ3v) is 5.33. The van der Waals surface area contributed by atoms with Gasteiger partial charge in [-0.25, -0.2) is 4.98 Å². The molecule has 0 saturated heterocycles. The number of hydrogen-bond donors (Lipinski definition) is 2. The van der Waals surface area contributed by atoms with E-state index in [1.54, 1.807) is 11.3 Å². The molecular formula is C17H17N3OS. The maximum atomic E-state index is 12.4. The Balaban J connectivity index is 1.56. The van der Waals surface area contributed by atoms with Crippen LogP contribution >= 0.6 is 11.3 Å². The van der Waals surface area contributed by atoms with Crippen molar-refractivity contribution in [3.63, 3.8) is 0 Å². The zero-order chi connectivity index (χ0) is 14.9. The number of carbonyl (C=O) groups excluding carboxylic acids is 1. The zero-order valence-corrected chi connectivity index (χ0v) is 13.0. The van der Waals surface area contributed by atoms with Gasteiger partial charge in [-0.15, -0.1) is 11.3 Å². The van der Waals surface area contributed by atoms with Gasteiger partial charge in [0.15, 0.2) is 0 Å². The number of para-hydroxylation sites is 2. The smallest absolute Gasteiger partial charge is 0.268 e. The van der Waals surface area contributed by atoms with Crippen molar-refractivity contribution in [3.05, 3.63) is 45.6 Å². The fourth-order valence-electron chi connectivity index (χ4n) is 2.96. The van der Waals surface area contributed by atoms with Crippen LogP contribution in [0.3, 0.4) is 0 Å². The number of amides is 1. The number of imidazole rings is 1. The lowest BCUT2D eigenvalue weighted by Gasteiger charge is -1.98. The molecule has 112 valence electrons. The first kappa shape index (κ1) is 13.5. The van der Waals surface area contributed by atoms with E-state index in [0.717, 1.165) is 28.8 Å². The van der Waals surface area contributed by atoms with Crippen molar-refractivity contribution in [2.45, 2.75) is 32.1 Å². The fraction of sp³-hybridized carbons (Fsp3) is 0.294. The zero-order valence-electron chi connectivity index (χ0n) is 12.2. The van der Waals surface area contributed by atoms with E-state index in [0.29, 0.717) is 5.95 Å². The molecule has 0 saturated carbocycles. The summed E-state index contributed by atoms with van der Waals surface area (Å²) < 4.78 is 0. The molecule has 1 aliphatic carbocycles. The number of benzene rings is 1. The quantitative estimate of drug-likeness (QED) is 0.699. The molecule has 5 heteroatoms. The molecule has 0 fully saturated rings. The molecular weight excluding hydrogens is 294 g/mol. The number of anilines is 1. The third-order valence-electron chi connectivity index (χ3n) is 4.09. The molecule has 4 nitrogen and oxygen atoms in total. The Morgan fingerprint density at radius 2 is 2.05 bits per heavy atom. The monoisotopic (exact) mass is 311 g/mol. The second-order valence-corrected chi connectivity index (χ2v) is 6.81. The van der Waals surface area contributed by atoms with Crippen molar-refractivity contribution in [1.82, 2.24) is 9.97 Å². The summed E-state index contributed by atoms with van der Waals surface area (Å²) in [6.45, 7) is 0. The molecule has 2 aromatic heterocycles. The van der Waals surface area contributed by atoms with Gasteiger partial charge in [0, 0.05) is 4.88 Å². The number of hydrogen-bond acceptors (Lipinski definition) is 3. The number of carbonyl (C=O) groups is 1. The van der Waals surface area contributed by atoms with Gasteiger partial charge in [0.1, 0.15) is 0 Å². The van der Waals surface area contributed by atoms with E-state index in [2.05, 4.69) is 21.4 Å². The number of aromatic nitrogens is 2. The molecule has 2 heterocycles. The van der Waals surface area contributed by atoms with Crippen LogP contribution in [0.2, 0.25) is 0 Å². The summed E-state index contributed by atoms with van der Waals surface area (Å²) in [5, 5.41) is 2.88. The van der Waals surface area contributed by atoms with Crippen LogP contribution in [-0.4, -0.2) is 15.9 Å². The number of H-pyrrole nitrogens is 1. The lowest BCUT2D eigenvalue weighted by Crippen LogP contribution is -2.11. The van der Waals surface area contributed by atoms with Gasteiger partial charge in [0.05, 0.1) is 15.9 Å². The molecule has 0 radical (unpaired) electrons. The van der Waals surface area contributed by atoms with Gasteiger partial charge in [0.25, 0.3) is 5.91 Å². The summed E-state index contributed by atoms with van der Waals surface area (Å²) in [7, 11) is 0. The van der Waals surface area contributed by atoms with Crippen molar-refractivity contribution in [3.8, 4) is 0 Å². The van der Waals surface area contributed by atoms with E-state index < -0.39 is 0 Å². The van der Waals surface area contributed by atoms with Crippen LogP contribution in [0.15, 0.2) is 30.3 Å². The first-order chi connectivity index (χ1) is 10.8. The summed E-state index contributed by atoms with van der Waals surface area (Å²) in [6.07, 6.45) is 5.97. The van der Waals surface area contributed by atoms with Crippen LogP contribution in [0.25, 0.3) is 11.0 Å². The maximum Gasteiger partial charge on any atom is 0.268 e. The van der Waals surface area contributed by atoms with Gasteiger partial charge in [-0.05, 0) is 49.4 Å². The summed E-state index contributed by atoms with van der Waals surface area (Å²) in [4.78, 5) is 22.1. The van der Waals surface area contributed by atoms with Crippen LogP contribution in [-0.2, 0) is 12.8 Å². The molecule has 3 aromatic rings. The number of nitrogens with zero attached hydrogens (tertiary/aromatic N) is 1. The topological polar surface area (TPSA) is 57.8 Å². The van der Waals surface area contributed by atoms with Gasteiger partial charge in [-0.3, -0.25) is 10.1 Å². The van der Waals surface area contributed by atoms with Gasteiger partial charge in [0.2, 0.25) is 5.95 Å². The second-order valence-electron chi connectivity index (χ2n) is 5.68. The van der Waals surface area contributed by atoms with Crippen molar-refractivity contribution in [2.75, 3.05) is 5.32 Å². The Hall–Kier alpha value is -2.14. The van der Waals surface area contributed by atoms with Gasteiger partial charge < -0.3 is 4.98 Å². The van der Waals surface area contributed by atoms with E-state index in [9.17, 15) is 4.79 Å². The number of nitrogens with one attached hydrogen (secondary N) is 2. The second kappa shape index (κ2) is 5.57. The Morgan fingerprint density at radius 1 is 1.18 bits per heavy atom. The largest absolute Gasteiger partial charge is 0.324 e. The number of aryl methyl sites for hydroxylation is 2. The van der Waals surface area contributed by atoms with Crippen LogP contribution < -0.4 is 5.32 Å². The lowest BCUT2D eigenvalue weighted by atomic mass is 10.1. The molecule has 0 bridgehead atoms. The van der Waals surface area contributed by atoms with Crippen LogP contribution in [0, 0.1) is 0 Å². The van der Waals surface area contributed by atoms with Gasteiger partial charge in [-0.1, -0.05) is 18.6 Å². The highest BCUT2D eigenvalue weighted by Crippen LogP contribution is 2.29. The molecule has 0 unspecified atom stereocenters. The molecule has 0 spiro atoms. The summed E-state index contributed by atoms with van der Waals surface area (Å²) in [6, 6.07) is 9.82. The Morgan fingerprint density at radius 3 is 2.95 bits per heavy atom. The minimum Gasteiger partial charge on any atom is -0.324 e. The molecule has 1 aromatic carbocycles. The normalized spacial score (nSPS) is 14.5. The van der Waals surface area contributed by atoms with Crippen molar-refractivity contribution < 1.29 is 4.79 Å². The fourth-order valence-corrected chi connectivity index (χ4v) is 4.11. The van der Waals surface area contributed by atoms with Gasteiger partial charge in [-0.2, -0.15) is 0 Å². The molecule has 0 aliphatic heterocycles. The molecule has 4 rings (SSSR count). The van der Waals surface area contributed by atoms with Crippen molar-refractivity contribution >= 4 is 34.2 Å². The Bertz CT molecular complexity index is 777. The van der Waals surface area contributed by atoms with Crippen LogP contribution in [0.4, 0.5) is 5.95 Å². The average molecular weight is 311 g/mol. The molecule has 2 N–H and O–H groups in total. The first-order valence-corrected chi connectivity index (χ1v) is 8.49. The summed E-state index contributed by atoms with van der Waals surface area (Å²) in [5.41, 5.74) is 3.15. The van der Waals surface area contributed by atoms with E-state index in [1.807, 2.05) is 24.3 Å². The van der Waals surface area contributed by atoms with Crippen LogP contribution in [0.1, 0.15) is 39.4 Å².